The predicted octanol–water partition coefficient (Wildman–Crippen LogP) is 5.21. The summed E-state index contributed by atoms with van der Waals surface area (Å²) in [5.41, 5.74) is 4.65. The first-order valence-electron chi connectivity index (χ1n) is 11.0. The maximum absolute atomic E-state index is 13.4. The average Bonchev–Trinajstić information content (AvgIpc) is 3.15. The van der Waals surface area contributed by atoms with Gasteiger partial charge >= 0.3 is 0 Å². The van der Waals surface area contributed by atoms with Gasteiger partial charge in [-0.1, -0.05) is 43.3 Å². The number of pyridine rings is 1. The second-order valence-corrected chi connectivity index (χ2v) is 7.99. The number of aryl methyl sites for hydroxylation is 1. The maximum Gasteiger partial charge on any atom is 0.219 e. The molecule has 3 aromatic rings. The van der Waals surface area contributed by atoms with E-state index in [4.69, 9.17) is 0 Å². The Morgan fingerprint density at radius 1 is 1.00 bits per heavy atom. The smallest absolute Gasteiger partial charge is 0.219 e. The summed E-state index contributed by atoms with van der Waals surface area (Å²) in [4.78, 5) is 38.6. The molecule has 1 atom stereocenters. The zero-order valence-electron chi connectivity index (χ0n) is 19.4. The largest absolute Gasteiger partial charge is 0.337 e. The van der Waals surface area contributed by atoms with Crippen molar-refractivity contribution in [3.05, 3.63) is 82.7 Å². The molecule has 1 amide bonds. The molecule has 32 heavy (non-hydrogen) atoms. The molecule has 1 unspecified atom stereocenters. The van der Waals surface area contributed by atoms with Gasteiger partial charge in [0.25, 0.3) is 0 Å². The Morgan fingerprint density at radius 3 is 2.25 bits per heavy atom. The molecule has 166 valence electrons. The molecule has 0 saturated heterocycles. The highest BCUT2D eigenvalue weighted by atomic mass is 16.2. The van der Waals surface area contributed by atoms with Crippen molar-refractivity contribution in [1.29, 1.82) is 0 Å². The highest BCUT2D eigenvalue weighted by Crippen LogP contribution is 2.22. The molecule has 0 fully saturated rings. The van der Waals surface area contributed by atoms with Crippen LogP contribution < -0.4 is 0 Å². The Morgan fingerprint density at radius 2 is 1.69 bits per heavy atom. The van der Waals surface area contributed by atoms with E-state index in [2.05, 4.69) is 0 Å². The predicted molar refractivity (Wildman–Crippen MR) is 128 cm³/mol. The van der Waals surface area contributed by atoms with E-state index in [0.717, 1.165) is 23.1 Å². The van der Waals surface area contributed by atoms with E-state index in [1.54, 1.807) is 24.1 Å². The Balaban J connectivity index is 1.87. The third kappa shape index (κ3) is 4.72. The van der Waals surface area contributed by atoms with Crippen LogP contribution in [0.25, 0.3) is 11.6 Å². The second kappa shape index (κ2) is 9.77. The van der Waals surface area contributed by atoms with Crippen molar-refractivity contribution in [2.45, 2.75) is 47.1 Å². The van der Waals surface area contributed by atoms with Gasteiger partial charge in [-0.15, -0.1) is 0 Å². The summed E-state index contributed by atoms with van der Waals surface area (Å²) in [7, 11) is 0. The number of ketones is 2. The van der Waals surface area contributed by atoms with Gasteiger partial charge < -0.3 is 9.30 Å². The topological polar surface area (TPSA) is 58.9 Å². The van der Waals surface area contributed by atoms with Crippen LogP contribution in [0.4, 0.5) is 0 Å². The van der Waals surface area contributed by atoms with Crippen molar-refractivity contribution >= 4 is 29.1 Å². The fraction of sp³-hybridized carbons (Fsp3) is 0.296. The molecule has 5 heteroatoms. The van der Waals surface area contributed by atoms with E-state index in [1.165, 1.54) is 6.92 Å². The van der Waals surface area contributed by atoms with E-state index in [9.17, 15) is 14.4 Å². The normalized spacial score (nSPS) is 12.3. The number of fused-ring (bicyclic) bond motifs is 1. The number of hydrogen-bond acceptors (Lipinski definition) is 3. The number of nitrogens with zero attached hydrogens (tertiary/aromatic N) is 2. The summed E-state index contributed by atoms with van der Waals surface area (Å²) in [6.07, 6.45) is 6.48. The van der Waals surface area contributed by atoms with Crippen molar-refractivity contribution in [3.8, 4) is 0 Å². The van der Waals surface area contributed by atoms with Gasteiger partial charge in [0.05, 0.1) is 5.69 Å². The monoisotopic (exact) mass is 430 g/mol. The van der Waals surface area contributed by atoms with Gasteiger partial charge in [-0.2, -0.15) is 0 Å². The molecule has 3 rings (SSSR count). The van der Waals surface area contributed by atoms with Crippen LogP contribution in [0.1, 0.15) is 72.2 Å². The lowest BCUT2D eigenvalue weighted by atomic mass is 10.0. The lowest BCUT2D eigenvalue weighted by molar-refractivity contribution is -0.129. The Hall–Kier alpha value is -3.47. The van der Waals surface area contributed by atoms with Gasteiger partial charge in [0.2, 0.25) is 11.7 Å². The molecule has 0 saturated carbocycles. The molecular formula is C27H30N2O3. The van der Waals surface area contributed by atoms with E-state index in [0.29, 0.717) is 23.4 Å². The van der Waals surface area contributed by atoms with Crippen molar-refractivity contribution in [2.24, 2.45) is 0 Å². The van der Waals surface area contributed by atoms with Crippen LogP contribution in [-0.2, 0) is 11.2 Å². The van der Waals surface area contributed by atoms with Crippen molar-refractivity contribution in [1.82, 2.24) is 9.30 Å². The van der Waals surface area contributed by atoms with E-state index < -0.39 is 0 Å². The molecule has 2 aromatic heterocycles. The number of benzene rings is 1. The number of likely N-dealkylation sites (N-methyl/N-ethyl adjacent to an activating group) is 1. The maximum atomic E-state index is 13.4. The number of carbonyl (C=O) groups excluding carboxylic acids is 3. The molecule has 0 aliphatic heterocycles. The lowest BCUT2D eigenvalue weighted by Crippen LogP contribution is -2.35. The third-order valence-electron chi connectivity index (χ3n) is 5.83. The molecule has 5 nitrogen and oxygen atoms in total. The van der Waals surface area contributed by atoms with Gasteiger partial charge in [-0.05, 0) is 56.5 Å². The van der Waals surface area contributed by atoms with Crippen LogP contribution in [-0.4, -0.2) is 39.4 Å². The highest BCUT2D eigenvalue weighted by molar-refractivity contribution is 6.10. The van der Waals surface area contributed by atoms with Crippen LogP contribution in [0.2, 0.25) is 0 Å². The minimum absolute atomic E-state index is 0.00195. The summed E-state index contributed by atoms with van der Waals surface area (Å²) in [6.45, 7) is 9.74. The van der Waals surface area contributed by atoms with Crippen LogP contribution in [0.5, 0.6) is 0 Å². The van der Waals surface area contributed by atoms with Crippen LogP contribution in [0, 0.1) is 0 Å². The fourth-order valence-electron chi connectivity index (χ4n) is 4.01. The van der Waals surface area contributed by atoms with Crippen LogP contribution in [0.15, 0.2) is 54.7 Å². The highest BCUT2D eigenvalue weighted by Gasteiger charge is 2.19. The average molecular weight is 431 g/mol. The molecular weight excluding hydrogens is 400 g/mol. The lowest BCUT2D eigenvalue weighted by Gasteiger charge is -2.24. The standard InChI is InChI=1S/C27H30N2O3/c1-6-22-16-25-17-24(19(4)30)14-15-29(25)26(22)27(32)23-12-10-21(11-13-23)9-8-18(3)28(7-2)20(5)31/h8-18H,6-7H2,1-5H3/b9-8+. The molecule has 0 N–H and O–H groups in total. The summed E-state index contributed by atoms with van der Waals surface area (Å²) >= 11 is 0. The number of aromatic nitrogens is 1. The van der Waals surface area contributed by atoms with Gasteiger partial charge in [0.1, 0.15) is 0 Å². The number of rotatable bonds is 8. The van der Waals surface area contributed by atoms with Gasteiger partial charge in [-0.3, -0.25) is 14.4 Å². The summed E-state index contributed by atoms with van der Waals surface area (Å²) in [6, 6.07) is 13.0. The SMILES string of the molecule is CCc1cc2cc(C(C)=O)ccn2c1C(=O)c1ccc(/C=C/C(C)N(CC)C(C)=O)cc1. The number of Topliss-reactive ketones (excluding diaryl/α,β-unsaturated/α-hetero) is 1. The Bertz CT molecular complexity index is 1190. The number of hydrogen-bond donors (Lipinski definition) is 0. The first-order valence-corrected chi connectivity index (χ1v) is 11.0. The number of amides is 1. The first-order chi connectivity index (χ1) is 15.3. The zero-order valence-corrected chi connectivity index (χ0v) is 19.4. The molecule has 0 aliphatic rings. The number of carbonyl (C=O) groups is 3. The minimum Gasteiger partial charge on any atom is -0.337 e. The summed E-state index contributed by atoms with van der Waals surface area (Å²) in [5.74, 6) is 0.00479. The first kappa shape index (κ1) is 23.2. The van der Waals surface area contributed by atoms with Gasteiger partial charge in [0.15, 0.2) is 5.78 Å². The van der Waals surface area contributed by atoms with Gasteiger partial charge in [-0.25, -0.2) is 0 Å². The van der Waals surface area contributed by atoms with E-state index in [-0.39, 0.29) is 23.5 Å². The van der Waals surface area contributed by atoms with Crippen LogP contribution in [0.3, 0.4) is 0 Å². The molecule has 0 bridgehead atoms. The summed E-state index contributed by atoms with van der Waals surface area (Å²) < 4.78 is 1.87. The molecule has 0 aliphatic carbocycles. The molecule has 2 heterocycles. The summed E-state index contributed by atoms with van der Waals surface area (Å²) in [5, 5.41) is 0. The van der Waals surface area contributed by atoms with E-state index in [1.807, 2.05) is 73.7 Å². The third-order valence-corrected chi connectivity index (χ3v) is 5.83. The molecule has 0 radical (unpaired) electrons. The van der Waals surface area contributed by atoms with Crippen molar-refractivity contribution in [2.75, 3.05) is 6.54 Å². The Labute approximate surface area is 189 Å². The van der Waals surface area contributed by atoms with Crippen LogP contribution >= 0.6 is 0 Å². The fourth-order valence-corrected chi connectivity index (χ4v) is 4.01. The quantitative estimate of drug-likeness (QED) is 0.461. The Kier molecular flexibility index (Phi) is 7.08. The van der Waals surface area contributed by atoms with Crippen molar-refractivity contribution in [3.63, 3.8) is 0 Å². The van der Waals surface area contributed by atoms with E-state index >= 15 is 0 Å². The molecule has 1 aromatic carbocycles. The minimum atomic E-state index is -0.0462. The second-order valence-electron chi connectivity index (χ2n) is 7.99. The van der Waals surface area contributed by atoms with Gasteiger partial charge in [0, 0.05) is 42.4 Å². The van der Waals surface area contributed by atoms with Crippen molar-refractivity contribution < 1.29 is 14.4 Å². The molecule has 0 spiro atoms. The zero-order chi connectivity index (χ0) is 23.4.